The van der Waals surface area contributed by atoms with Crippen LogP contribution in [0.3, 0.4) is 0 Å². The predicted molar refractivity (Wildman–Crippen MR) is 132 cm³/mol. The zero-order chi connectivity index (χ0) is 21.9. The summed E-state index contributed by atoms with van der Waals surface area (Å²) in [7, 11) is 0. The van der Waals surface area contributed by atoms with Crippen LogP contribution in [0.15, 0.2) is 93.5 Å². The number of thioether (sulfide) groups is 1. The van der Waals surface area contributed by atoms with E-state index in [4.69, 9.17) is 10.5 Å². The normalized spacial score (nSPS) is 11.5. The Balaban J connectivity index is 1.58. The number of anilines is 1. The second-order valence-electron chi connectivity index (χ2n) is 6.34. The van der Waals surface area contributed by atoms with Crippen molar-refractivity contribution in [2.75, 3.05) is 11.9 Å². The average molecular weight is 497 g/mol. The maximum atomic E-state index is 12.1. The highest BCUT2D eigenvalue weighted by Gasteiger charge is 2.07. The molecule has 31 heavy (non-hydrogen) atoms. The number of amidine groups is 1. The first-order valence-electron chi connectivity index (χ1n) is 9.40. The second-order valence-corrected chi connectivity index (χ2v) is 8.25. The van der Waals surface area contributed by atoms with Crippen molar-refractivity contribution in [1.29, 1.82) is 0 Å². The first-order valence-corrected chi connectivity index (χ1v) is 11.2. The molecule has 3 aromatic carbocycles. The van der Waals surface area contributed by atoms with E-state index < -0.39 is 0 Å². The topological polar surface area (TPSA) is 89.1 Å². The van der Waals surface area contributed by atoms with Gasteiger partial charge in [-0.2, -0.15) is 5.10 Å². The molecule has 3 N–H and O–H groups in total. The van der Waals surface area contributed by atoms with E-state index in [1.807, 2.05) is 72.8 Å². The van der Waals surface area contributed by atoms with E-state index in [1.165, 1.54) is 11.8 Å². The van der Waals surface area contributed by atoms with Crippen molar-refractivity contribution >= 4 is 50.7 Å². The average Bonchev–Trinajstić information content (AvgIpc) is 2.78. The first kappa shape index (κ1) is 22.6. The highest BCUT2D eigenvalue weighted by molar-refractivity contribution is 9.10. The van der Waals surface area contributed by atoms with Gasteiger partial charge < -0.3 is 15.8 Å². The number of nitrogens with two attached hydrogens (primary N) is 1. The molecule has 3 aromatic rings. The number of hydrogen-bond donors (Lipinski definition) is 2. The van der Waals surface area contributed by atoms with Gasteiger partial charge in [0.15, 0.2) is 11.8 Å². The van der Waals surface area contributed by atoms with Gasteiger partial charge in [0.25, 0.3) is 5.91 Å². The third-order valence-electron chi connectivity index (χ3n) is 3.97. The molecule has 1 amide bonds. The zero-order valence-electron chi connectivity index (χ0n) is 16.6. The van der Waals surface area contributed by atoms with Gasteiger partial charge in [0.2, 0.25) is 0 Å². The molecule has 0 aromatic heterocycles. The number of amides is 1. The number of nitrogens with one attached hydrogen (secondary N) is 1. The van der Waals surface area contributed by atoms with Gasteiger partial charge in [-0.15, -0.1) is 5.10 Å². The van der Waals surface area contributed by atoms with Crippen LogP contribution in [0.5, 0.6) is 5.75 Å². The van der Waals surface area contributed by atoms with Crippen molar-refractivity contribution in [3.05, 3.63) is 94.5 Å². The number of hydrogen-bond acceptors (Lipinski definition) is 5. The zero-order valence-corrected chi connectivity index (χ0v) is 19.0. The standard InChI is InChI=1S/C23H21BrN4O2S/c24-19-11-12-21(30-15-22(29)27-20-9-5-2-6-10-20)18(13-19)14-26-28-23(25)31-16-17-7-3-1-4-8-17/h1-14H,15-16H2,(H2,25,28)(H,27,29). The summed E-state index contributed by atoms with van der Waals surface area (Å²) in [5.74, 6) is 0.977. The van der Waals surface area contributed by atoms with E-state index in [9.17, 15) is 4.79 Å². The van der Waals surface area contributed by atoms with Gasteiger partial charge in [0.05, 0.1) is 6.21 Å². The quantitative estimate of drug-likeness (QED) is 0.259. The molecule has 0 aliphatic heterocycles. The summed E-state index contributed by atoms with van der Waals surface area (Å²) in [5.41, 5.74) is 8.48. The lowest BCUT2D eigenvalue weighted by Crippen LogP contribution is -2.20. The number of para-hydroxylation sites is 1. The molecule has 0 heterocycles. The minimum atomic E-state index is -0.253. The van der Waals surface area contributed by atoms with Crippen molar-refractivity contribution in [2.24, 2.45) is 15.9 Å². The number of nitrogens with zero attached hydrogens (tertiary/aromatic N) is 2. The number of halogens is 1. The number of benzene rings is 3. The van der Waals surface area contributed by atoms with Crippen molar-refractivity contribution in [3.8, 4) is 5.75 Å². The lowest BCUT2D eigenvalue weighted by molar-refractivity contribution is -0.118. The third-order valence-corrected chi connectivity index (χ3v) is 5.32. The van der Waals surface area contributed by atoms with E-state index in [2.05, 4.69) is 31.4 Å². The van der Waals surface area contributed by atoms with Crippen molar-refractivity contribution < 1.29 is 9.53 Å². The van der Waals surface area contributed by atoms with Gasteiger partial charge in [-0.3, -0.25) is 4.79 Å². The monoisotopic (exact) mass is 496 g/mol. The summed E-state index contributed by atoms with van der Waals surface area (Å²) in [5, 5.41) is 11.2. The molecule has 158 valence electrons. The van der Waals surface area contributed by atoms with Crippen molar-refractivity contribution in [3.63, 3.8) is 0 Å². The van der Waals surface area contributed by atoms with Crippen LogP contribution >= 0.6 is 27.7 Å². The molecule has 0 aliphatic rings. The van der Waals surface area contributed by atoms with Crippen LogP contribution in [0, 0.1) is 0 Å². The van der Waals surface area contributed by atoms with Gasteiger partial charge in [-0.05, 0) is 35.9 Å². The summed E-state index contributed by atoms with van der Waals surface area (Å²) in [6, 6.07) is 24.6. The molecular weight excluding hydrogens is 476 g/mol. The number of carbonyl (C=O) groups excluding carboxylic acids is 1. The van der Waals surface area contributed by atoms with Crippen LogP contribution in [-0.4, -0.2) is 23.9 Å². The molecule has 0 fully saturated rings. The van der Waals surface area contributed by atoms with Crippen LogP contribution in [-0.2, 0) is 10.5 Å². The van der Waals surface area contributed by atoms with Crippen LogP contribution in [0.1, 0.15) is 11.1 Å². The van der Waals surface area contributed by atoms with E-state index >= 15 is 0 Å². The fourth-order valence-electron chi connectivity index (χ4n) is 2.52. The summed E-state index contributed by atoms with van der Waals surface area (Å²) in [4.78, 5) is 12.1. The van der Waals surface area contributed by atoms with Crippen LogP contribution in [0.4, 0.5) is 5.69 Å². The predicted octanol–water partition coefficient (Wildman–Crippen LogP) is 5.05. The Kier molecular flexibility index (Phi) is 8.69. The van der Waals surface area contributed by atoms with Crippen LogP contribution in [0.25, 0.3) is 0 Å². The molecule has 0 atom stereocenters. The van der Waals surface area contributed by atoms with Gasteiger partial charge in [-0.25, -0.2) is 0 Å². The van der Waals surface area contributed by atoms with Crippen molar-refractivity contribution in [1.82, 2.24) is 0 Å². The van der Waals surface area contributed by atoms with Gasteiger partial charge in [-0.1, -0.05) is 76.2 Å². The summed E-state index contributed by atoms with van der Waals surface area (Å²) in [6.45, 7) is -0.129. The Labute approximate surface area is 193 Å². The molecule has 8 heteroatoms. The Hall–Kier alpha value is -3.10. The number of carbonyl (C=O) groups is 1. The van der Waals surface area contributed by atoms with Crippen molar-refractivity contribution in [2.45, 2.75) is 5.75 Å². The van der Waals surface area contributed by atoms with E-state index in [1.54, 1.807) is 12.3 Å². The smallest absolute Gasteiger partial charge is 0.262 e. The minimum absolute atomic E-state index is 0.129. The minimum Gasteiger partial charge on any atom is -0.483 e. The van der Waals surface area contributed by atoms with Gasteiger partial charge in [0.1, 0.15) is 5.75 Å². The van der Waals surface area contributed by atoms with Gasteiger partial charge in [0, 0.05) is 21.5 Å². The second kappa shape index (κ2) is 11.9. The molecule has 0 saturated heterocycles. The fourth-order valence-corrected chi connectivity index (χ4v) is 3.51. The highest BCUT2D eigenvalue weighted by atomic mass is 79.9. The maximum absolute atomic E-state index is 12.1. The summed E-state index contributed by atoms with van der Waals surface area (Å²) < 4.78 is 6.53. The molecule has 0 bridgehead atoms. The largest absolute Gasteiger partial charge is 0.483 e. The SMILES string of the molecule is NC(=NN=Cc1cc(Br)ccc1OCC(=O)Nc1ccccc1)SCc1ccccc1. The molecule has 0 spiro atoms. The summed E-state index contributed by atoms with van der Waals surface area (Å²) in [6.07, 6.45) is 1.55. The number of rotatable bonds is 8. The molecule has 6 nitrogen and oxygen atoms in total. The van der Waals surface area contributed by atoms with Crippen LogP contribution < -0.4 is 15.8 Å². The molecule has 0 unspecified atom stereocenters. The van der Waals surface area contributed by atoms with E-state index in [0.717, 1.165) is 10.0 Å². The van der Waals surface area contributed by atoms with E-state index in [0.29, 0.717) is 27.9 Å². The lowest BCUT2D eigenvalue weighted by Gasteiger charge is -2.10. The Bertz CT molecular complexity index is 1060. The Morgan fingerprint density at radius 3 is 2.52 bits per heavy atom. The highest BCUT2D eigenvalue weighted by Crippen LogP contribution is 2.22. The van der Waals surface area contributed by atoms with Crippen LogP contribution in [0.2, 0.25) is 0 Å². The molecule has 3 rings (SSSR count). The summed E-state index contributed by atoms with van der Waals surface area (Å²) >= 11 is 4.84. The van der Waals surface area contributed by atoms with Gasteiger partial charge >= 0.3 is 0 Å². The third kappa shape index (κ3) is 7.92. The molecule has 0 saturated carbocycles. The van der Waals surface area contributed by atoms with E-state index in [-0.39, 0.29) is 12.5 Å². The maximum Gasteiger partial charge on any atom is 0.262 e. The molecular formula is C23H21BrN4O2S. The fraction of sp³-hybridized carbons (Fsp3) is 0.0870. The Morgan fingerprint density at radius 2 is 1.77 bits per heavy atom. The molecule has 0 radical (unpaired) electrons. The Morgan fingerprint density at radius 1 is 1.06 bits per heavy atom. The lowest BCUT2D eigenvalue weighted by atomic mass is 10.2. The number of ether oxygens (including phenoxy) is 1. The first-order chi connectivity index (χ1) is 15.1. The molecule has 0 aliphatic carbocycles.